The molecule has 0 aliphatic carbocycles. The Bertz CT molecular complexity index is 453. The number of phenolic OH excluding ortho intramolecular Hbond substituents is 1. The number of hydrogen-bond acceptors (Lipinski definition) is 5. The molecule has 1 aliphatic heterocycles. The third-order valence-corrected chi connectivity index (χ3v) is 2.89. The van der Waals surface area contributed by atoms with Crippen molar-refractivity contribution >= 4 is 5.70 Å². The molecule has 0 aromatic heterocycles. The van der Waals surface area contributed by atoms with Crippen molar-refractivity contribution in [1.82, 2.24) is 16.0 Å². The molecule has 17 heavy (non-hydrogen) atoms. The molecule has 92 valence electrons. The fraction of sp³-hybridized carbons (Fsp3) is 0.333. The maximum Gasteiger partial charge on any atom is 0.239 e. The van der Waals surface area contributed by atoms with E-state index in [1.165, 1.54) is 0 Å². The predicted molar refractivity (Wildman–Crippen MR) is 66.6 cm³/mol. The molecule has 1 aromatic carbocycles. The smallest absolute Gasteiger partial charge is 0.239 e. The second-order valence-electron chi connectivity index (χ2n) is 3.83. The van der Waals surface area contributed by atoms with Crippen LogP contribution in [0.2, 0.25) is 0 Å². The lowest BCUT2D eigenvalue weighted by Gasteiger charge is -2.36. The van der Waals surface area contributed by atoms with Gasteiger partial charge in [-0.3, -0.25) is 10.6 Å². The number of likely N-dealkylation sites (N-methyl/N-ethyl adjacent to an activating group) is 2. The van der Waals surface area contributed by atoms with Crippen LogP contribution in [0.4, 0.5) is 0 Å². The Balaban J connectivity index is 2.53. The van der Waals surface area contributed by atoms with Crippen LogP contribution in [0.1, 0.15) is 5.56 Å². The van der Waals surface area contributed by atoms with E-state index < -0.39 is 5.85 Å². The van der Waals surface area contributed by atoms with Gasteiger partial charge in [-0.2, -0.15) is 0 Å². The number of rotatable bonds is 3. The molecule has 0 bridgehead atoms. The highest BCUT2D eigenvalue weighted by Gasteiger charge is 2.32. The maximum atomic E-state index is 9.50. The first-order valence-electron chi connectivity index (χ1n) is 5.45. The normalized spacial score (nSPS) is 16.8. The van der Waals surface area contributed by atoms with E-state index in [0.29, 0.717) is 5.75 Å². The van der Waals surface area contributed by atoms with E-state index in [-0.39, 0.29) is 5.75 Å². The summed E-state index contributed by atoms with van der Waals surface area (Å²) in [5, 5.41) is 18.7. The zero-order valence-electron chi connectivity index (χ0n) is 10.2. The fourth-order valence-corrected chi connectivity index (χ4v) is 1.88. The summed E-state index contributed by atoms with van der Waals surface area (Å²) in [7, 11) is 5.45. The molecular formula is C12H17N3O2. The first-order valence-corrected chi connectivity index (χ1v) is 5.45. The minimum Gasteiger partial charge on any atom is -0.508 e. The predicted octanol–water partition coefficient (Wildman–Crippen LogP) is 0.437. The average Bonchev–Trinajstić information content (AvgIpc) is 2.36. The van der Waals surface area contributed by atoms with Gasteiger partial charge in [-0.15, -0.1) is 0 Å². The zero-order chi connectivity index (χ0) is 12.5. The number of hydrogen-bond donors (Lipinski definition) is 4. The molecule has 1 aliphatic rings. The van der Waals surface area contributed by atoms with Crippen molar-refractivity contribution in [3.8, 4) is 11.5 Å². The molecule has 0 amide bonds. The first-order chi connectivity index (χ1) is 8.14. The monoisotopic (exact) mass is 235 g/mol. The third-order valence-electron chi connectivity index (χ3n) is 2.89. The molecule has 5 nitrogen and oxygen atoms in total. The van der Waals surface area contributed by atoms with Gasteiger partial charge < -0.3 is 15.2 Å². The third kappa shape index (κ3) is 1.94. The van der Waals surface area contributed by atoms with Gasteiger partial charge in [0.25, 0.3) is 0 Å². The molecule has 4 N–H and O–H groups in total. The van der Waals surface area contributed by atoms with Crippen LogP contribution < -0.4 is 20.7 Å². The Morgan fingerprint density at radius 2 is 1.88 bits per heavy atom. The Kier molecular flexibility index (Phi) is 2.95. The molecule has 0 saturated carbocycles. The fourth-order valence-electron chi connectivity index (χ4n) is 1.88. The SMILES string of the molecule is CNC1=CC(NC)(NC)Oc2cc(O)ccc21. The minimum absolute atomic E-state index is 0.183. The van der Waals surface area contributed by atoms with Crippen molar-refractivity contribution in [2.75, 3.05) is 21.1 Å². The van der Waals surface area contributed by atoms with E-state index in [4.69, 9.17) is 4.74 Å². The second-order valence-corrected chi connectivity index (χ2v) is 3.83. The summed E-state index contributed by atoms with van der Waals surface area (Å²) in [5.41, 5.74) is 1.86. The molecule has 2 rings (SSSR count). The van der Waals surface area contributed by atoms with Crippen LogP contribution in [-0.2, 0) is 0 Å². The van der Waals surface area contributed by atoms with Gasteiger partial charge in [-0.05, 0) is 26.2 Å². The van der Waals surface area contributed by atoms with Crippen LogP contribution in [0.5, 0.6) is 11.5 Å². The number of nitrogens with one attached hydrogen (secondary N) is 3. The van der Waals surface area contributed by atoms with E-state index in [2.05, 4.69) is 16.0 Å². The van der Waals surface area contributed by atoms with Gasteiger partial charge in [0.1, 0.15) is 11.5 Å². The van der Waals surface area contributed by atoms with Gasteiger partial charge in [0.15, 0.2) is 0 Å². The lowest BCUT2D eigenvalue weighted by Crippen LogP contribution is -2.58. The van der Waals surface area contributed by atoms with E-state index in [0.717, 1.165) is 11.3 Å². The topological polar surface area (TPSA) is 65.5 Å². The Hall–Kier alpha value is -1.72. The maximum absolute atomic E-state index is 9.50. The summed E-state index contributed by atoms with van der Waals surface area (Å²) in [4.78, 5) is 0. The molecule has 0 fully saturated rings. The number of phenols is 1. The highest BCUT2D eigenvalue weighted by atomic mass is 16.5. The standard InChI is InChI=1S/C12H17N3O2/c1-13-10-7-12(14-2,15-3)17-11-6-8(16)4-5-9(10)11/h4-7,13-16H,1-3H3. The van der Waals surface area contributed by atoms with Crippen LogP contribution in [0.3, 0.4) is 0 Å². The second kappa shape index (κ2) is 4.27. The number of benzene rings is 1. The summed E-state index contributed by atoms with van der Waals surface area (Å²) >= 11 is 0. The summed E-state index contributed by atoms with van der Waals surface area (Å²) in [6, 6.07) is 5.06. The van der Waals surface area contributed by atoms with Crippen LogP contribution in [0.25, 0.3) is 5.70 Å². The van der Waals surface area contributed by atoms with Gasteiger partial charge in [0.2, 0.25) is 5.85 Å². The van der Waals surface area contributed by atoms with Crippen molar-refractivity contribution < 1.29 is 9.84 Å². The van der Waals surface area contributed by atoms with Crippen LogP contribution in [0, 0.1) is 0 Å². The molecular weight excluding hydrogens is 218 g/mol. The minimum atomic E-state index is -0.765. The zero-order valence-corrected chi connectivity index (χ0v) is 10.2. The molecule has 5 heteroatoms. The highest BCUT2D eigenvalue weighted by molar-refractivity contribution is 5.72. The van der Waals surface area contributed by atoms with Crippen LogP contribution >= 0.6 is 0 Å². The van der Waals surface area contributed by atoms with Crippen molar-refractivity contribution in [1.29, 1.82) is 0 Å². The Labute approximate surface area is 100 Å². The quantitative estimate of drug-likeness (QED) is 0.572. The van der Waals surface area contributed by atoms with Gasteiger partial charge in [-0.25, -0.2) is 0 Å². The van der Waals surface area contributed by atoms with E-state index >= 15 is 0 Å². The molecule has 1 heterocycles. The first kappa shape index (κ1) is 11.8. The van der Waals surface area contributed by atoms with Gasteiger partial charge in [0.05, 0.1) is 0 Å². The van der Waals surface area contributed by atoms with Gasteiger partial charge in [-0.1, -0.05) is 0 Å². The molecule has 0 saturated heterocycles. The lowest BCUT2D eigenvalue weighted by molar-refractivity contribution is 0.0592. The molecule has 0 spiro atoms. The average molecular weight is 235 g/mol. The Morgan fingerprint density at radius 1 is 1.18 bits per heavy atom. The Morgan fingerprint density at radius 3 is 2.47 bits per heavy atom. The molecule has 1 aromatic rings. The number of ether oxygens (including phenoxy) is 1. The molecule has 0 radical (unpaired) electrons. The van der Waals surface area contributed by atoms with Crippen LogP contribution in [0.15, 0.2) is 24.3 Å². The summed E-state index contributed by atoms with van der Waals surface area (Å²) in [6.07, 6.45) is 1.92. The largest absolute Gasteiger partial charge is 0.508 e. The van der Waals surface area contributed by atoms with E-state index in [9.17, 15) is 5.11 Å². The van der Waals surface area contributed by atoms with Gasteiger partial charge >= 0.3 is 0 Å². The summed E-state index contributed by atoms with van der Waals surface area (Å²) in [6.45, 7) is 0. The number of aromatic hydroxyl groups is 1. The highest BCUT2D eigenvalue weighted by Crippen LogP contribution is 2.35. The van der Waals surface area contributed by atoms with Crippen molar-refractivity contribution in [2.45, 2.75) is 5.85 Å². The number of fused-ring (bicyclic) bond motifs is 1. The molecule has 0 unspecified atom stereocenters. The molecule has 0 atom stereocenters. The van der Waals surface area contributed by atoms with E-state index in [1.54, 1.807) is 26.2 Å². The summed E-state index contributed by atoms with van der Waals surface area (Å²) in [5.74, 6) is 0.0434. The van der Waals surface area contributed by atoms with E-state index in [1.807, 2.05) is 19.2 Å². The van der Waals surface area contributed by atoms with Crippen molar-refractivity contribution in [3.63, 3.8) is 0 Å². The summed E-state index contributed by atoms with van der Waals surface area (Å²) < 4.78 is 5.83. The van der Waals surface area contributed by atoms with Crippen molar-refractivity contribution in [2.24, 2.45) is 0 Å². The van der Waals surface area contributed by atoms with Crippen molar-refractivity contribution in [3.05, 3.63) is 29.8 Å². The lowest BCUT2D eigenvalue weighted by atomic mass is 10.1. The van der Waals surface area contributed by atoms with Gasteiger partial charge in [0, 0.05) is 30.5 Å². The van der Waals surface area contributed by atoms with Crippen LogP contribution in [-0.4, -0.2) is 32.1 Å².